The molecule has 2 aromatic heterocycles. The molecule has 0 aliphatic carbocycles. The molecule has 0 radical (unpaired) electrons. The van der Waals surface area contributed by atoms with E-state index in [1.165, 1.54) is 0 Å². The Morgan fingerprint density at radius 3 is 2.50 bits per heavy atom. The summed E-state index contributed by atoms with van der Waals surface area (Å²) in [5.74, 6) is 0.763. The van der Waals surface area contributed by atoms with Crippen molar-refractivity contribution < 1.29 is 9.59 Å². The van der Waals surface area contributed by atoms with Crippen LogP contribution in [0.3, 0.4) is 0 Å². The van der Waals surface area contributed by atoms with Gasteiger partial charge in [0.05, 0.1) is 11.6 Å². The van der Waals surface area contributed by atoms with Crippen LogP contribution in [-0.4, -0.2) is 75.7 Å². The zero-order valence-corrected chi connectivity index (χ0v) is 18.6. The van der Waals surface area contributed by atoms with E-state index >= 15 is 0 Å². The van der Waals surface area contributed by atoms with Crippen molar-refractivity contribution in [2.24, 2.45) is 0 Å². The van der Waals surface area contributed by atoms with Crippen molar-refractivity contribution in [1.82, 2.24) is 24.1 Å². The molecule has 0 unspecified atom stereocenters. The number of imidazole rings is 1. The molecule has 0 saturated carbocycles. The normalized spacial score (nSPS) is 21.1. The van der Waals surface area contributed by atoms with Gasteiger partial charge in [-0.1, -0.05) is 24.3 Å². The van der Waals surface area contributed by atoms with Crippen molar-refractivity contribution in [1.29, 1.82) is 0 Å². The van der Waals surface area contributed by atoms with Crippen LogP contribution in [0.15, 0.2) is 54.7 Å². The van der Waals surface area contributed by atoms with Gasteiger partial charge in [-0.3, -0.25) is 9.59 Å². The predicted molar refractivity (Wildman–Crippen MR) is 123 cm³/mol. The van der Waals surface area contributed by atoms with Gasteiger partial charge >= 0.3 is 0 Å². The Bertz CT molecular complexity index is 1140. The first kappa shape index (κ1) is 20.7. The number of carbonyl (C=O) groups excluding carboxylic acids is 2. The van der Waals surface area contributed by atoms with Gasteiger partial charge in [-0.15, -0.1) is 0 Å². The first-order valence-electron chi connectivity index (χ1n) is 11.3. The minimum Gasteiger partial charge on any atom is -0.336 e. The molecule has 0 spiro atoms. The number of benzene rings is 1. The number of amides is 2. The molecule has 1 aromatic carbocycles. The van der Waals surface area contributed by atoms with Crippen molar-refractivity contribution in [2.45, 2.75) is 31.3 Å². The number of hydrogen-bond donors (Lipinski definition) is 0. The van der Waals surface area contributed by atoms with Crippen LogP contribution in [0.25, 0.3) is 5.52 Å². The molecule has 2 amide bonds. The Balaban J connectivity index is 1.49. The SMILES string of the molecule is CN(C)[C@H]1CCN(C(=O)c2nc([C@H]3CCCN3C(=O)c3ccccc3)n3ccccc23)C1. The summed E-state index contributed by atoms with van der Waals surface area (Å²) in [5, 5.41) is 0. The monoisotopic (exact) mass is 431 g/mol. The molecule has 32 heavy (non-hydrogen) atoms. The largest absolute Gasteiger partial charge is 0.336 e. The topological polar surface area (TPSA) is 61.2 Å². The molecule has 5 rings (SSSR count). The fourth-order valence-electron chi connectivity index (χ4n) is 4.98. The van der Waals surface area contributed by atoms with E-state index in [4.69, 9.17) is 4.98 Å². The summed E-state index contributed by atoms with van der Waals surface area (Å²) in [4.78, 5) is 37.5. The van der Waals surface area contributed by atoms with Gasteiger partial charge < -0.3 is 19.1 Å². The molecule has 166 valence electrons. The summed E-state index contributed by atoms with van der Waals surface area (Å²) in [6.45, 7) is 2.15. The highest BCUT2D eigenvalue weighted by Gasteiger charge is 2.36. The van der Waals surface area contributed by atoms with Crippen LogP contribution in [0.4, 0.5) is 0 Å². The van der Waals surface area contributed by atoms with Crippen molar-refractivity contribution in [3.8, 4) is 0 Å². The number of pyridine rings is 1. The van der Waals surface area contributed by atoms with E-state index in [1.807, 2.05) is 68.9 Å². The number of rotatable bonds is 4. The van der Waals surface area contributed by atoms with Gasteiger partial charge in [0, 0.05) is 37.4 Å². The number of likely N-dealkylation sites (N-methyl/N-ethyl adjacent to an activating group) is 1. The first-order valence-corrected chi connectivity index (χ1v) is 11.3. The number of hydrogen-bond acceptors (Lipinski definition) is 4. The molecule has 2 aliphatic rings. The lowest BCUT2D eigenvalue weighted by Gasteiger charge is -2.24. The standard InChI is InChI=1S/C25H29N5O2/c1-27(2)19-13-16-28(17-19)25(32)22-20-11-6-7-14-29(20)23(26-22)21-12-8-15-30(21)24(31)18-9-4-3-5-10-18/h3-7,9-11,14,19,21H,8,12-13,15-17H2,1-2H3/t19-,21+/m0/s1. The molecular formula is C25H29N5O2. The van der Waals surface area contributed by atoms with Crippen molar-refractivity contribution in [3.05, 3.63) is 71.8 Å². The van der Waals surface area contributed by atoms with Gasteiger partial charge in [0.25, 0.3) is 11.8 Å². The molecule has 0 N–H and O–H groups in total. The van der Waals surface area contributed by atoms with Gasteiger partial charge in [-0.2, -0.15) is 0 Å². The maximum atomic E-state index is 13.4. The van der Waals surface area contributed by atoms with Gasteiger partial charge in [0.2, 0.25) is 0 Å². The van der Waals surface area contributed by atoms with Crippen LogP contribution in [0, 0.1) is 0 Å². The molecule has 3 aromatic rings. The Morgan fingerprint density at radius 1 is 0.969 bits per heavy atom. The van der Waals surface area contributed by atoms with Gasteiger partial charge in [-0.25, -0.2) is 4.98 Å². The quantitative estimate of drug-likeness (QED) is 0.637. The van der Waals surface area contributed by atoms with Gasteiger partial charge in [0.1, 0.15) is 5.82 Å². The molecule has 0 bridgehead atoms. The van der Waals surface area contributed by atoms with Crippen LogP contribution in [0.2, 0.25) is 0 Å². The summed E-state index contributed by atoms with van der Waals surface area (Å²) in [5.41, 5.74) is 1.97. The molecule has 2 aliphatic heterocycles. The average molecular weight is 432 g/mol. The molecule has 7 heteroatoms. The predicted octanol–water partition coefficient (Wildman–Crippen LogP) is 3.09. The fourth-order valence-corrected chi connectivity index (χ4v) is 4.98. The second-order valence-electron chi connectivity index (χ2n) is 8.95. The number of likely N-dealkylation sites (tertiary alicyclic amines) is 2. The minimum absolute atomic E-state index is 0.0158. The van der Waals surface area contributed by atoms with Crippen LogP contribution in [0.5, 0.6) is 0 Å². The minimum atomic E-state index is -0.146. The Kier molecular flexibility index (Phi) is 5.43. The molecule has 7 nitrogen and oxygen atoms in total. The lowest BCUT2D eigenvalue weighted by atomic mass is 10.1. The number of aromatic nitrogens is 2. The number of carbonyl (C=O) groups is 2. The number of nitrogens with zero attached hydrogens (tertiary/aromatic N) is 5. The van der Waals surface area contributed by atoms with Crippen LogP contribution >= 0.6 is 0 Å². The van der Waals surface area contributed by atoms with Crippen LogP contribution in [-0.2, 0) is 0 Å². The highest BCUT2D eigenvalue weighted by molar-refractivity contribution is 5.99. The highest BCUT2D eigenvalue weighted by atomic mass is 16.2. The van der Waals surface area contributed by atoms with Gasteiger partial charge in [-0.05, 0) is 57.6 Å². The average Bonchev–Trinajstić information content (AvgIpc) is 3.57. The van der Waals surface area contributed by atoms with Crippen LogP contribution < -0.4 is 0 Å². The van der Waals surface area contributed by atoms with Gasteiger partial charge in [0.15, 0.2) is 5.69 Å². The van der Waals surface area contributed by atoms with E-state index in [2.05, 4.69) is 19.0 Å². The summed E-state index contributed by atoms with van der Waals surface area (Å²) in [6.07, 6.45) is 4.68. The molecule has 2 fully saturated rings. The third-order valence-electron chi connectivity index (χ3n) is 6.79. The zero-order chi connectivity index (χ0) is 22.2. The third kappa shape index (κ3) is 3.56. The van der Waals surface area contributed by atoms with Crippen LogP contribution in [0.1, 0.15) is 52.0 Å². The van der Waals surface area contributed by atoms with E-state index in [-0.39, 0.29) is 17.9 Å². The molecule has 4 heterocycles. The zero-order valence-electron chi connectivity index (χ0n) is 18.6. The Labute approximate surface area is 188 Å². The van der Waals surface area contributed by atoms with E-state index < -0.39 is 0 Å². The maximum Gasteiger partial charge on any atom is 0.274 e. The summed E-state index contributed by atoms with van der Waals surface area (Å²) < 4.78 is 1.99. The molecule has 2 saturated heterocycles. The van der Waals surface area contributed by atoms with E-state index in [1.54, 1.807) is 0 Å². The smallest absolute Gasteiger partial charge is 0.274 e. The summed E-state index contributed by atoms with van der Waals surface area (Å²) in [6, 6.07) is 15.4. The molecule has 2 atom stereocenters. The second-order valence-corrected chi connectivity index (χ2v) is 8.95. The van der Waals surface area contributed by atoms with E-state index in [0.29, 0.717) is 23.8 Å². The fraction of sp³-hybridized carbons (Fsp3) is 0.400. The first-order chi connectivity index (χ1) is 15.5. The Morgan fingerprint density at radius 2 is 1.75 bits per heavy atom. The third-order valence-corrected chi connectivity index (χ3v) is 6.79. The lowest BCUT2D eigenvalue weighted by Crippen LogP contribution is -2.34. The highest BCUT2D eigenvalue weighted by Crippen LogP contribution is 2.34. The number of fused-ring (bicyclic) bond motifs is 1. The summed E-state index contributed by atoms with van der Waals surface area (Å²) >= 11 is 0. The Hall–Kier alpha value is -3.19. The molecular weight excluding hydrogens is 402 g/mol. The van der Waals surface area contributed by atoms with E-state index in [0.717, 1.165) is 43.7 Å². The summed E-state index contributed by atoms with van der Waals surface area (Å²) in [7, 11) is 4.11. The van der Waals surface area contributed by atoms with E-state index in [9.17, 15) is 9.59 Å². The van der Waals surface area contributed by atoms with Crippen molar-refractivity contribution in [2.75, 3.05) is 33.7 Å². The van der Waals surface area contributed by atoms with Crippen molar-refractivity contribution >= 4 is 17.3 Å². The van der Waals surface area contributed by atoms with Crippen molar-refractivity contribution in [3.63, 3.8) is 0 Å². The lowest BCUT2D eigenvalue weighted by molar-refractivity contribution is 0.0729. The maximum absolute atomic E-state index is 13.4. The second kappa shape index (κ2) is 8.39.